The molecule has 178 valence electrons. The average Bonchev–Trinajstić information content (AvgIpc) is 3.37. The number of carbonyl (C=O) groups excluding carboxylic acids is 3. The summed E-state index contributed by atoms with van der Waals surface area (Å²) < 4.78 is 0. The van der Waals surface area contributed by atoms with Gasteiger partial charge in [-0.15, -0.1) is 17.9 Å². The Morgan fingerprint density at radius 1 is 1.18 bits per heavy atom. The van der Waals surface area contributed by atoms with Crippen LogP contribution in [0.5, 0.6) is 0 Å². The van der Waals surface area contributed by atoms with Crippen molar-refractivity contribution in [3.8, 4) is 0 Å². The van der Waals surface area contributed by atoms with Crippen LogP contribution >= 0.6 is 11.3 Å². The summed E-state index contributed by atoms with van der Waals surface area (Å²) in [4.78, 5) is 38.4. The van der Waals surface area contributed by atoms with Crippen molar-refractivity contribution >= 4 is 46.5 Å². The lowest BCUT2D eigenvalue weighted by Gasteiger charge is -2.24. The van der Waals surface area contributed by atoms with E-state index in [0.717, 1.165) is 5.70 Å². The molecule has 1 aromatic carbocycles. The summed E-state index contributed by atoms with van der Waals surface area (Å²) in [6.45, 7) is 12.4. The van der Waals surface area contributed by atoms with Gasteiger partial charge in [0.1, 0.15) is 6.29 Å². The van der Waals surface area contributed by atoms with Crippen LogP contribution in [0.2, 0.25) is 0 Å². The van der Waals surface area contributed by atoms with Gasteiger partial charge >= 0.3 is 0 Å². The van der Waals surface area contributed by atoms with Gasteiger partial charge in [0, 0.05) is 31.5 Å². The van der Waals surface area contributed by atoms with Gasteiger partial charge in [-0.1, -0.05) is 32.6 Å². The van der Waals surface area contributed by atoms with Crippen molar-refractivity contribution in [2.45, 2.75) is 13.8 Å². The first-order valence-corrected chi connectivity index (χ1v) is 11.5. The highest BCUT2D eigenvalue weighted by Gasteiger charge is 2.19. The SMILES string of the molecule is C=CCNC(=C)CNCC(=O)N(CC=O)c1cc(NC(=O)c2cccs2)ccc1NC.CC. The number of nitrogens with one attached hydrogen (secondary N) is 4. The minimum Gasteiger partial charge on any atom is -0.386 e. The number of hydrogen-bond acceptors (Lipinski definition) is 7. The molecule has 0 aliphatic carbocycles. The number of nitrogens with zero attached hydrogens (tertiary/aromatic N) is 1. The van der Waals surface area contributed by atoms with Crippen LogP contribution in [-0.4, -0.2) is 51.3 Å². The third-order valence-corrected chi connectivity index (χ3v) is 5.10. The van der Waals surface area contributed by atoms with E-state index in [4.69, 9.17) is 0 Å². The van der Waals surface area contributed by atoms with Crippen LogP contribution in [0.3, 0.4) is 0 Å². The normalized spacial score (nSPS) is 9.67. The third kappa shape index (κ3) is 8.91. The number of thiophene rings is 1. The van der Waals surface area contributed by atoms with Gasteiger partial charge in [0.2, 0.25) is 5.91 Å². The van der Waals surface area contributed by atoms with E-state index in [1.165, 1.54) is 16.2 Å². The van der Waals surface area contributed by atoms with E-state index in [-0.39, 0.29) is 24.9 Å². The molecule has 2 rings (SSSR count). The van der Waals surface area contributed by atoms with Gasteiger partial charge in [0.05, 0.1) is 29.3 Å². The van der Waals surface area contributed by atoms with Gasteiger partial charge in [-0.3, -0.25) is 9.59 Å². The smallest absolute Gasteiger partial charge is 0.265 e. The highest BCUT2D eigenvalue weighted by Crippen LogP contribution is 2.29. The highest BCUT2D eigenvalue weighted by molar-refractivity contribution is 7.12. The van der Waals surface area contributed by atoms with Gasteiger partial charge in [-0.25, -0.2) is 0 Å². The molecule has 2 aromatic rings. The van der Waals surface area contributed by atoms with E-state index in [9.17, 15) is 14.4 Å². The minimum atomic E-state index is -0.290. The summed E-state index contributed by atoms with van der Waals surface area (Å²) in [5.41, 5.74) is 2.39. The number of rotatable bonds is 13. The zero-order valence-electron chi connectivity index (χ0n) is 19.4. The molecule has 0 radical (unpaired) electrons. The second kappa shape index (κ2) is 15.4. The molecule has 0 aliphatic heterocycles. The zero-order chi connectivity index (χ0) is 24.6. The molecule has 8 nitrogen and oxygen atoms in total. The molecule has 0 saturated heterocycles. The number of benzene rings is 1. The number of aldehydes is 1. The first-order valence-electron chi connectivity index (χ1n) is 10.6. The Hall–Kier alpha value is -3.43. The van der Waals surface area contributed by atoms with E-state index < -0.39 is 0 Å². The maximum atomic E-state index is 12.8. The Bertz CT molecular complexity index is 928. The molecule has 0 spiro atoms. The van der Waals surface area contributed by atoms with Crippen LogP contribution in [0.1, 0.15) is 23.5 Å². The number of anilines is 3. The van der Waals surface area contributed by atoms with Crippen molar-refractivity contribution < 1.29 is 14.4 Å². The average molecular weight is 472 g/mol. The van der Waals surface area contributed by atoms with E-state index >= 15 is 0 Å². The Morgan fingerprint density at radius 3 is 2.55 bits per heavy atom. The first kappa shape index (κ1) is 27.6. The van der Waals surface area contributed by atoms with Crippen molar-refractivity contribution in [2.75, 3.05) is 48.8 Å². The summed E-state index contributed by atoms with van der Waals surface area (Å²) in [5, 5.41) is 13.7. The summed E-state index contributed by atoms with van der Waals surface area (Å²) in [6.07, 6.45) is 2.38. The van der Waals surface area contributed by atoms with E-state index in [1.807, 2.05) is 19.2 Å². The molecule has 0 aliphatic rings. The van der Waals surface area contributed by atoms with Crippen LogP contribution < -0.4 is 26.2 Å². The van der Waals surface area contributed by atoms with Crippen molar-refractivity contribution in [3.05, 3.63) is 65.5 Å². The van der Waals surface area contributed by atoms with Crippen LogP contribution in [0.25, 0.3) is 0 Å². The van der Waals surface area contributed by atoms with Crippen LogP contribution in [0.15, 0.2) is 60.6 Å². The highest BCUT2D eigenvalue weighted by atomic mass is 32.1. The number of hydrogen-bond donors (Lipinski definition) is 4. The lowest BCUT2D eigenvalue weighted by molar-refractivity contribution is -0.119. The second-order valence-electron chi connectivity index (χ2n) is 6.46. The molecular formula is C24H33N5O3S. The lowest BCUT2D eigenvalue weighted by Crippen LogP contribution is -2.40. The topological polar surface area (TPSA) is 103 Å². The van der Waals surface area contributed by atoms with Crippen LogP contribution in [0.4, 0.5) is 17.1 Å². The Balaban J connectivity index is 0.00000265. The maximum Gasteiger partial charge on any atom is 0.265 e. The van der Waals surface area contributed by atoms with Crippen molar-refractivity contribution in [1.82, 2.24) is 10.6 Å². The van der Waals surface area contributed by atoms with Gasteiger partial charge in [0.15, 0.2) is 0 Å². The van der Waals surface area contributed by atoms with E-state index in [2.05, 4.69) is 34.4 Å². The van der Waals surface area contributed by atoms with Gasteiger partial charge in [-0.2, -0.15) is 0 Å². The summed E-state index contributed by atoms with van der Waals surface area (Å²) in [5.74, 6) is -0.527. The molecule has 0 unspecified atom stereocenters. The predicted octanol–water partition coefficient (Wildman–Crippen LogP) is 3.48. The molecule has 1 heterocycles. The summed E-state index contributed by atoms with van der Waals surface area (Å²) in [6, 6.07) is 8.68. The molecule has 0 fully saturated rings. The number of amides is 2. The molecule has 1 aromatic heterocycles. The third-order valence-electron chi connectivity index (χ3n) is 4.23. The van der Waals surface area contributed by atoms with E-state index in [1.54, 1.807) is 43.5 Å². The Kier molecular flexibility index (Phi) is 12.9. The van der Waals surface area contributed by atoms with Crippen LogP contribution in [-0.2, 0) is 9.59 Å². The molecule has 4 N–H and O–H groups in total. The molecule has 0 bridgehead atoms. The Morgan fingerprint density at radius 2 is 1.94 bits per heavy atom. The van der Waals surface area contributed by atoms with Gasteiger partial charge in [-0.05, 0) is 29.6 Å². The van der Waals surface area contributed by atoms with Crippen molar-refractivity contribution in [3.63, 3.8) is 0 Å². The monoisotopic (exact) mass is 471 g/mol. The fraction of sp³-hybridized carbons (Fsp3) is 0.292. The molecule has 33 heavy (non-hydrogen) atoms. The fourth-order valence-electron chi connectivity index (χ4n) is 2.75. The van der Waals surface area contributed by atoms with Gasteiger partial charge < -0.3 is 31.0 Å². The predicted molar refractivity (Wildman–Crippen MR) is 138 cm³/mol. The molecule has 0 atom stereocenters. The summed E-state index contributed by atoms with van der Waals surface area (Å²) >= 11 is 1.34. The first-order chi connectivity index (χ1) is 16.0. The second-order valence-corrected chi connectivity index (χ2v) is 7.41. The molecule has 2 amide bonds. The minimum absolute atomic E-state index is 0.0115. The quantitative estimate of drug-likeness (QED) is 0.264. The standard InChI is InChI=1S/C22H27N5O3S.C2H6/c1-4-9-25-16(2)14-24-15-21(29)27(10-11-28)19-13-17(7-8-18(19)23-3)26-22(30)20-6-5-12-31-20;1-2/h4-8,11-13,23-25H,1-2,9-10,14-15H2,3H3,(H,26,30);1-2H3. The molecule has 9 heteroatoms. The summed E-state index contributed by atoms with van der Waals surface area (Å²) in [7, 11) is 1.72. The zero-order valence-corrected chi connectivity index (χ0v) is 20.3. The number of carbonyl (C=O) groups is 3. The van der Waals surface area contributed by atoms with Crippen LogP contribution in [0, 0.1) is 0 Å². The molecule has 0 saturated carbocycles. The fourth-order valence-corrected chi connectivity index (χ4v) is 3.37. The van der Waals surface area contributed by atoms with E-state index in [0.29, 0.717) is 41.3 Å². The van der Waals surface area contributed by atoms with Crippen molar-refractivity contribution in [2.24, 2.45) is 0 Å². The maximum absolute atomic E-state index is 12.8. The largest absolute Gasteiger partial charge is 0.386 e. The molecular weight excluding hydrogens is 438 g/mol. The lowest BCUT2D eigenvalue weighted by atomic mass is 10.2. The van der Waals surface area contributed by atoms with Gasteiger partial charge in [0.25, 0.3) is 5.91 Å². The van der Waals surface area contributed by atoms with Crippen molar-refractivity contribution in [1.29, 1.82) is 0 Å². The Labute approximate surface area is 199 Å².